The van der Waals surface area contributed by atoms with E-state index in [9.17, 15) is 4.79 Å². The summed E-state index contributed by atoms with van der Waals surface area (Å²) < 4.78 is 0. The Balaban J connectivity index is 1.52. The highest BCUT2D eigenvalue weighted by Crippen LogP contribution is 2.48. The number of nitrogens with one attached hydrogen (secondary N) is 1. The van der Waals surface area contributed by atoms with E-state index in [0.717, 1.165) is 24.2 Å². The van der Waals surface area contributed by atoms with Crippen LogP contribution in [-0.2, 0) is 12.8 Å². The second kappa shape index (κ2) is 6.41. The number of amides is 1. The van der Waals surface area contributed by atoms with Gasteiger partial charge in [0.05, 0.1) is 5.56 Å². The van der Waals surface area contributed by atoms with Gasteiger partial charge in [-0.05, 0) is 48.8 Å². The third kappa shape index (κ3) is 2.71. The van der Waals surface area contributed by atoms with E-state index >= 15 is 0 Å². The van der Waals surface area contributed by atoms with Crippen molar-refractivity contribution < 1.29 is 4.79 Å². The molecule has 1 aromatic carbocycles. The van der Waals surface area contributed by atoms with Crippen LogP contribution in [0.4, 0.5) is 5.00 Å². The Labute approximate surface area is 159 Å². The number of thiophene rings is 1. The lowest BCUT2D eigenvalue weighted by Gasteiger charge is -2.31. The summed E-state index contributed by atoms with van der Waals surface area (Å²) in [5.41, 5.74) is 3.61. The van der Waals surface area contributed by atoms with Crippen molar-refractivity contribution in [1.82, 2.24) is 5.32 Å². The van der Waals surface area contributed by atoms with Gasteiger partial charge in [0, 0.05) is 21.2 Å². The minimum absolute atomic E-state index is 0.0442. The summed E-state index contributed by atoms with van der Waals surface area (Å²) in [7, 11) is 0. The molecule has 1 aromatic heterocycles. The molecule has 1 amide bonds. The van der Waals surface area contributed by atoms with Crippen molar-refractivity contribution in [3.05, 3.63) is 57.4 Å². The van der Waals surface area contributed by atoms with Crippen LogP contribution in [0.1, 0.15) is 33.6 Å². The molecule has 0 bridgehead atoms. The van der Waals surface area contributed by atoms with Crippen LogP contribution in [-0.4, -0.2) is 17.2 Å². The van der Waals surface area contributed by atoms with Crippen molar-refractivity contribution in [2.45, 2.75) is 36.1 Å². The van der Waals surface area contributed by atoms with Crippen LogP contribution >= 0.6 is 34.9 Å². The lowest BCUT2D eigenvalue weighted by atomic mass is 9.94. The Bertz CT molecular complexity index is 859. The van der Waals surface area contributed by atoms with Crippen LogP contribution < -0.4 is 10.2 Å². The molecule has 1 N–H and O–H groups in total. The summed E-state index contributed by atoms with van der Waals surface area (Å²) in [5, 5.41) is 6.63. The third-order valence-electron chi connectivity index (χ3n) is 4.86. The van der Waals surface area contributed by atoms with E-state index in [2.05, 4.69) is 39.9 Å². The molecule has 0 radical (unpaired) electrons. The summed E-state index contributed by atoms with van der Waals surface area (Å²) in [6.45, 7) is 0. The molecule has 25 heavy (non-hydrogen) atoms. The minimum Gasteiger partial charge on any atom is -0.323 e. The van der Waals surface area contributed by atoms with Crippen LogP contribution in [0.3, 0.4) is 0 Å². The Morgan fingerprint density at radius 1 is 1.20 bits per heavy atom. The fraction of sp³-hybridized carbons (Fsp3) is 0.316. The molecule has 128 valence electrons. The summed E-state index contributed by atoms with van der Waals surface area (Å²) in [4.78, 5) is 17.7. The first kappa shape index (κ1) is 15.9. The van der Waals surface area contributed by atoms with E-state index in [1.54, 1.807) is 23.5 Å². The largest absolute Gasteiger partial charge is 0.323 e. The Morgan fingerprint density at radius 2 is 2.04 bits per heavy atom. The smallest absolute Gasteiger partial charge is 0.256 e. The summed E-state index contributed by atoms with van der Waals surface area (Å²) in [6, 6.07) is 10.4. The zero-order valence-corrected chi connectivity index (χ0v) is 16.1. The van der Waals surface area contributed by atoms with Gasteiger partial charge in [-0.2, -0.15) is 0 Å². The number of rotatable bonds is 2. The van der Waals surface area contributed by atoms with Gasteiger partial charge >= 0.3 is 0 Å². The normalized spacial score (nSPS) is 23.2. The first-order chi connectivity index (χ1) is 12.3. The number of benzene rings is 1. The standard InChI is InChI=1S/C19H18N2OS3/c22-17-16-14-8-4-5-9-15(14)25-18(16)21-12(11-24-19(21)20-17)10-23-13-6-2-1-3-7-13/h1-3,6-7,10,19H,4-5,8-9,11H2,(H,20,22). The number of nitrogens with zero attached hydrogens (tertiary/aromatic N) is 1. The van der Waals surface area contributed by atoms with Gasteiger partial charge in [0.1, 0.15) is 5.00 Å². The first-order valence-electron chi connectivity index (χ1n) is 8.58. The van der Waals surface area contributed by atoms with E-state index in [0.29, 0.717) is 0 Å². The number of hydrogen-bond acceptors (Lipinski definition) is 5. The number of carbonyl (C=O) groups is 1. The second-order valence-corrected chi connectivity index (χ2v) is 9.53. The second-order valence-electron chi connectivity index (χ2n) is 6.44. The quantitative estimate of drug-likeness (QED) is 0.749. The molecule has 5 rings (SSSR count). The molecule has 0 spiro atoms. The van der Waals surface area contributed by atoms with Gasteiger partial charge in [-0.15, -0.1) is 23.1 Å². The molecule has 1 unspecified atom stereocenters. The van der Waals surface area contributed by atoms with Crippen LogP contribution in [0.2, 0.25) is 0 Å². The average Bonchev–Trinajstić information content (AvgIpc) is 3.22. The molecular weight excluding hydrogens is 368 g/mol. The third-order valence-corrected chi connectivity index (χ3v) is 8.19. The molecule has 1 aliphatic carbocycles. The van der Waals surface area contributed by atoms with Crippen LogP contribution in [0.15, 0.2) is 46.3 Å². The molecule has 1 fully saturated rings. The minimum atomic E-state index is 0.0442. The molecule has 2 aliphatic heterocycles. The predicted molar refractivity (Wildman–Crippen MR) is 108 cm³/mol. The maximum atomic E-state index is 12.7. The Hall–Kier alpha value is -1.37. The van der Waals surface area contributed by atoms with E-state index in [1.165, 1.54) is 38.9 Å². The fourth-order valence-corrected chi connectivity index (χ4v) is 7.20. The van der Waals surface area contributed by atoms with Gasteiger partial charge in [0.15, 0.2) is 5.50 Å². The maximum Gasteiger partial charge on any atom is 0.256 e. The number of fused-ring (bicyclic) bond motifs is 5. The van der Waals surface area contributed by atoms with Gasteiger partial charge in [0.2, 0.25) is 0 Å². The zero-order chi connectivity index (χ0) is 16.8. The van der Waals surface area contributed by atoms with Crippen molar-refractivity contribution in [3.63, 3.8) is 0 Å². The van der Waals surface area contributed by atoms with Crippen molar-refractivity contribution in [2.75, 3.05) is 10.7 Å². The lowest BCUT2D eigenvalue weighted by Crippen LogP contribution is -2.47. The molecular formula is C19H18N2OS3. The molecule has 3 heterocycles. The molecule has 1 atom stereocenters. The Morgan fingerprint density at radius 3 is 2.92 bits per heavy atom. The van der Waals surface area contributed by atoms with Crippen molar-refractivity contribution in [2.24, 2.45) is 0 Å². The SMILES string of the molecule is O=C1NC2SCC(=CSc3ccccc3)N2c2sc3c(c21)CCCC3. The van der Waals surface area contributed by atoms with E-state index in [-0.39, 0.29) is 11.4 Å². The first-order valence-corrected chi connectivity index (χ1v) is 11.3. The average molecular weight is 387 g/mol. The number of anilines is 1. The molecule has 3 nitrogen and oxygen atoms in total. The topological polar surface area (TPSA) is 32.3 Å². The number of carbonyl (C=O) groups excluding carboxylic acids is 1. The number of aryl methyl sites for hydroxylation is 1. The number of thioether (sulfide) groups is 2. The van der Waals surface area contributed by atoms with Gasteiger partial charge in [-0.25, -0.2) is 0 Å². The van der Waals surface area contributed by atoms with Gasteiger partial charge in [0.25, 0.3) is 5.91 Å². The highest BCUT2D eigenvalue weighted by Gasteiger charge is 2.41. The van der Waals surface area contributed by atoms with Crippen LogP contribution in [0.25, 0.3) is 0 Å². The van der Waals surface area contributed by atoms with Crippen LogP contribution in [0.5, 0.6) is 0 Å². The number of hydrogen-bond donors (Lipinski definition) is 1. The van der Waals surface area contributed by atoms with Gasteiger partial charge in [-0.1, -0.05) is 30.0 Å². The molecule has 0 saturated carbocycles. The highest BCUT2D eigenvalue weighted by atomic mass is 32.2. The lowest BCUT2D eigenvalue weighted by molar-refractivity contribution is 0.0944. The van der Waals surface area contributed by atoms with Gasteiger partial charge < -0.3 is 10.2 Å². The Kier molecular flexibility index (Phi) is 4.07. The van der Waals surface area contributed by atoms with Crippen molar-refractivity contribution in [1.29, 1.82) is 0 Å². The van der Waals surface area contributed by atoms with Crippen LogP contribution in [0, 0.1) is 0 Å². The summed E-state index contributed by atoms with van der Waals surface area (Å²) >= 11 is 5.41. The fourth-order valence-electron chi connectivity index (χ4n) is 3.67. The van der Waals surface area contributed by atoms with Gasteiger partial charge in [-0.3, -0.25) is 4.79 Å². The molecule has 2 aromatic rings. The van der Waals surface area contributed by atoms with E-state index in [1.807, 2.05) is 17.4 Å². The van der Waals surface area contributed by atoms with Crippen molar-refractivity contribution in [3.8, 4) is 0 Å². The monoisotopic (exact) mass is 386 g/mol. The predicted octanol–water partition coefficient (Wildman–Crippen LogP) is 4.84. The van der Waals surface area contributed by atoms with Crippen molar-refractivity contribution >= 4 is 45.8 Å². The summed E-state index contributed by atoms with van der Waals surface area (Å²) in [6.07, 6.45) is 4.63. The zero-order valence-electron chi connectivity index (χ0n) is 13.7. The van der Waals surface area contributed by atoms with E-state index < -0.39 is 0 Å². The summed E-state index contributed by atoms with van der Waals surface area (Å²) in [5.74, 6) is 1.06. The highest BCUT2D eigenvalue weighted by molar-refractivity contribution is 8.02. The molecule has 1 saturated heterocycles. The maximum absolute atomic E-state index is 12.7. The van der Waals surface area contributed by atoms with E-state index in [4.69, 9.17) is 0 Å². The molecule has 3 aliphatic rings. The molecule has 6 heteroatoms.